The number of anilines is 1. The van der Waals surface area contributed by atoms with E-state index in [2.05, 4.69) is 15.1 Å². The van der Waals surface area contributed by atoms with Gasteiger partial charge in [0.25, 0.3) is 5.91 Å². The molecule has 4 aromatic rings. The lowest BCUT2D eigenvalue weighted by atomic mass is 10.1. The maximum absolute atomic E-state index is 13.4. The minimum absolute atomic E-state index is 0.0462. The van der Waals surface area contributed by atoms with Gasteiger partial charge in [-0.2, -0.15) is 0 Å². The van der Waals surface area contributed by atoms with Crippen molar-refractivity contribution in [2.24, 2.45) is 0 Å². The number of hydrogen-bond donors (Lipinski definition) is 0. The van der Waals surface area contributed by atoms with Crippen LogP contribution in [0.5, 0.6) is 0 Å². The van der Waals surface area contributed by atoms with Crippen LogP contribution in [0.25, 0.3) is 11.3 Å². The Kier molecular flexibility index (Phi) is 8.66. The van der Waals surface area contributed by atoms with Gasteiger partial charge < -0.3 is 14.7 Å². The summed E-state index contributed by atoms with van der Waals surface area (Å²) in [5.41, 5.74) is 2.95. The third-order valence-corrected chi connectivity index (χ3v) is 7.30. The first-order valence-electron chi connectivity index (χ1n) is 13.2. The molecule has 0 saturated carbocycles. The fourth-order valence-corrected chi connectivity index (χ4v) is 4.92. The average Bonchev–Trinajstić information content (AvgIpc) is 3.00. The zero-order chi connectivity index (χ0) is 27.9. The molecule has 1 aliphatic heterocycles. The lowest BCUT2D eigenvalue weighted by molar-refractivity contribution is -0.132. The van der Waals surface area contributed by atoms with E-state index >= 15 is 0 Å². The lowest BCUT2D eigenvalue weighted by Crippen LogP contribution is -2.52. The number of benzene rings is 3. The van der Waals surface area contributed by atoms with Crippen molar-refractivity contribution >= 4 is 29.2 Å². The van der Waals surface area contributed by atoms with Gasteiger partial charge in [-0.3, -0.25) is 9.59 Å². The van der Waals surface area contributed by atoms with Crippen LogP contribution < -0.4 is 4.90 Å². The first-order chi connectivity index (χ1) is 19.5. The van der Waals surface area contributed by atoms with Gasteiger partial charge in [-0.1, -0.05) is 60.1 Å². The molecular weight excluding hydrogens is 529 g/mol. The highest BCUT2D eigenvalue weighted by Gasteiger charge is 2.26. The summed E-state index contributed by atoms with van der Waals surface area (Å²) < 4.78 is 13.4. The van der Waals surface area contributed by atoms with Gasteiger partial charge in [0.1, 0.15) is 12.4 Å². The van der Waals surface area contributed by atoms with Crippen LogP contribution in [-0.4, -0.2) is 71.1 Å². The van der Waals surface area contributed by atoms with E-state index in [1.165, 1.54) is 24.3 Å². The predicted molar refractivity (Wildman–Crippen MR) is 154 cm³/mol. The number of aromatic nitrogens is 2. The Hall–Kier alpha value is -4.30. The number of halogens is 2. The van der Waals surface area contributed by atoms with Crippen molar-refractivity contribution in [3.63, 3.8) is 0 Å². The summed E-state index contributed by atoms with van der Waals surface area (Å²) in [5, 5.41) is 9.36. The Bertz CT molecular complexity index is 1440. The molecule has 2 heterocycles. The Morgan fingerprint density at radius 1 is 0.825 bits per heavy atom. The molecule has 0 N–H and O–H groups in total. The number of amides is 2. The van der Waals surface area contributed by atoms with E-state index < -0.39 is 5.82 Å². The van der Waals surface area contributed by atoms with Crippen LogP contribution in [0.4, 0.5) is 10.2 Å². The molecule has 1 aliphatic rings. The van der Waals surface area contributed by atoms with E-state index in [-0.39, 0.29) is 18.4 Å². The van der Waals surface area contributed by atoms with E-state index in [9.17, 15) is 14.0 Å². The molecule has 1 saturated heterocycles. The molecule has 0 spiro atoms. The SMILES string of the molecule is O=C(CN(CCc1ccccc1)C(=O)c1ccc(F)cc1)N1CCN(c2ccc(-c3ccccc3Cl)nn2)CC1. The Labute approximate surface area is 237 Å². The second-order valence-electron chi connectivity index (χ2n) is 9.59. The topological polar surface area (TPSA) is 69.6 Å². The first-order valence-corrected chi connectivity index (χ1v) is 13.6. The standard InChI is InChI=1S/C31H29ClFN5O2/c32-27-9-5-4-8-26(27)28-14-15-29(35-34-28)36-18-20-37(21-19-36)30(39)22-38(17-16-23-6-2-1-3-7-23)31(40)24-10-12-25(33)13-11-24/h1-15H,16-22H2. The number of piperazine rings is 1. The number of nitrogens with zero attached hydrogens (tertiary/aromatic N) is 5. The molecule has 0 unspecified atom stereocenters. The molecule has 7 nitrogen and oxygen atoms in total. The zero-order valence-electron chi connectivity index (χ0n) is 21.9. The van der Waals surface area contributed by atoms with E-state index in [0.717, 1.165) is 16.9 Å². The third-order valence-electron chi connectivity index (χ3n) is 6.97. The minimum atomic E-state index is -0.412. The molecule has 40 heavy (non-hydrogen) atoms. The van der Waals surface area contributed by atoms with Crippen molar-refractivity contribution in [1.82, 2.24) is 20.0 Å². The van der Waals surface area contributed by atoms with Crippen LogP contribution in [0, 0.1) is 5.82 Å². The summed E-state index contributed by atoms with van der Waals surface area (Å²) >= 11 is 6.29. The lowest BCUT2D eigenvalue weighted by Gasteiger charge is -2.36. The van der Waals surface area contributed by atoms with Crippen LogP contribution in [-0.2, 0) is 11.2 Å². The third kappa shape index (κ3) is 6.63. The van der Waals surface area contributed by atoms with Crippen molar-refractivity contribution < 1.29 is 14.0 Å². The second kappa shape index (κ2) is 12.7. The molecular formula is C31H29ClFN5O2. The maximum Gasteiger partial charge on any atom is 0.254 e. The van der Waals surface area contributed by atoms with Crippen molar-refractivity contribution in [2.45, 2.75) is 6.42 Å². The molecule has 9 heteroatoms. The summed E-state index contributed by atoms with van der Waals surface area (Å²) in [6.45, 7) is 2.53. The van der Waals surface area contributed by atoms with Gasteiger partial charge in [0.15, 0.2) is 5.82 Å². The number of carbonyl (C=O) groups excluding carboxylic acids is 2. The Morgan fingerprint density at radius 3 is 2.20 bits per heavy atom. The second-order valence-corrected chi connectivity index (χ2v) is 10.0. The summed E-state index contributed by atoms with van der Waals surface area (Å²) in [5.74, 6) is -0.0940. The Balaban J connectivity index is 1.21. The van der Waals surface area contributed by atoms with Crippen LogP contribution in [0.1, 0.15) is 15.9 Å². The molecule has 2 amide bonds. The molecule has 1 aromatic heterocycles. The van der Waals surface area contributed by atoms with Crippen molar-refractivity contribution in [3.8, 4) is 11.3 Å². The smallest absolute Gasteiger partial charge is 0.254 e. The van der Waals surface area contributed by atoms with Crippen molar-refractivity contribution in [2.75, 3.05) is 44.2 Å². The van der Waals surface area contributed by atoms with Crippen molar-refractivity contribution in [1.29, 1.82) is 0 Å². The summed E-state index contributed by atoms with van der Waals surface area (Å²) in [6, 6.07) is 26.5. The maximum atomic E-state index is 13.4. The predicted octanol–water partition coefficient (Wildman–Crippen LogP) is 4.97. The average molecular weight is 558 g/mol. The van der Waals surface area contributed by atoms with Gasteiger partial charge >= 0.3 is 0 Å². The van der Waals surface area contributed by atoms with Gasteiger partial charge in [0.2, 0.25) is 5.91 Å². The highest BCUT2D eigenvalue weighted by molar-refractivity contribution is 6.33. The fourth-order valence-electron chi connectivity index (χ4n) is 4.69. The van der Waals surface area contributed by atoms with Gasteiger partial charge in [-0.25, -0.2) is 4.39 Å². The van der Waals surface area contributed by atoms with Gasteiger partial charge in [-0.05, 0) is 54.4 Å². The molecule has 3 aromatic carbocycles. The van der Waals surface area contributed by atoms with Gasteiger partial charge in [-0.15, -0.1) is 10.2 Å². The van der Waals surface area contributed by atoms with E-state index in [1.807, 2.05) is 66.7 Å². The largest absolute Gasteiger partial charge is 0.352 e. The number of hydrogen-bond acceptors (Lipinski definition) is 5. The van der Waals surface area contributed by atoms with E-state index in [0.29, 0.717) is 55.4 Å². The number of carbonyl (C=O) groups is 2. The van der Waals surface area contributed by atoms with Gasteiger partial charge in [0, 0.05) is 43.9 Å². The highest BCUT2D eigenvalue weighted by Crippen LogP contribution is 2.26. The van der Waals surface area contributed by atoms with E-state index in [1.54, 1.807) is 9.80 Å². The van der Waals surface area contributed by atoms with Crippen LogP contribution >= 0.6 is 11.6 Å². The van der Waals surface area contributed by atoms with Crippen molar-refractivity contribution in [3.05, 3.63) is 113 Å². The molecule has 204 valence electrons. The van der Waals surface area contributed by atoms with Crippen LogP contribution in [0.3, 0.4) is 0 Å². The number of rotatable bonds is 8. The van der Waals surface area contributed by atoms with Gasteiger partial charge in [0.05, 0.1) is 10.7 Å². The molecule has 0 bridgehead atoms. The highest BCUT2D eigenvalue weighted by atomic mass is 35.5. The Morgan fingerprint density at radius 2 is 1.52 bits per heavy atom. The minimum Gasteiger partial charge on any atom is -0.352 e. The van der Waals surface area contributed by atoms with E-state index in [4.69, 9.17) is 11.6 Å². The molecule has 0 aliphatic carbocycles. The monoisotopic (exact) mass is 557 g/mol. The normalized spacial score (nSPS) is 13.2. The fraction of sp³-hybridized carbons (Fsp3) is 0.226. The summed E-state index contributed by atoms with van der Waals surface area (Å²) in [4.78, 5) is 32.0. The first kappa shape index (κ1) is 27.3. The summed E-state index contributed by atoms with van der Waals surface area (Å²) in [7, 11) is 0. The van der Waals surface area contributed by atoms with Crippen LogP contribution in [0.2, 0.25) is 5.02 Å². The summed E-state index contributed by atoms with van der Waals surface area (Å²) in [6.07, 6.45) is 0.609. The molecule has 0 atom stereocenters. The quantitative estimate of drug-likeness (QED) is 0.306. The zero-order valence-corrected chi connectivity index (χ0v) is 22.7. The molecule has 5 rings (SSSR count). The molecule has 1 fully saturated rings. The molecule has 0 radical (unpaired) electrons. The van der Waals surface area contributed by atoms with Crippen LogP contribution in [0.15, 0.2) is 91.0 Å².